The van der Waals surface area contributed by atoms with Gasteiger partial charge in [-0.25, -0.2) is 0 Å². The van der Waals surface area contributed by atoms with Crippen LogP contribution in [0.25, 0.3) is 0 Å². The summed E-state index contributed by atoms with van der Waals surface area (Å²) in [5.41, 5.74) is 6.06. The molecule has 28 heavy (non-hydrogen) atoms. The molecule has 4 N–H and O–H groups in total. The highest BCUT2D eigenvalue weighted by Crippen LogP contribution is 2.32. The Morgan fingerprint density at radius 2 is 1.79 bits per heavy atom. The molecule has 0 aromatic heterocycles. The van der Waals surface area contributed by atoms with E-state index in [1.165, 1.54) is 0 Å². The standard InChI is InChI=1S/C19H22N4O5/c20-10-19(28)5-7-22(8-6-19)11-1-2-12-13(9-11)18(27)23(17(12)26)14-3-4-15(24)21-16(14)25/h1-2,9,14,28H,3-8,10,20H2,(H,21,24,25). The van der Waals surface area contributed by atoms with Crippen molar-refractivity contribution in [3.63, 3.8) is 0 Å². The van der Waals surface area contributed by atoms with Crippen LogP contribution in [-0.2, 0) is 9.59 Å². The number of nitrogens with one attached hydrogen (secondary N) is 1. The first-order valence-electron chi connectivity index (χ1n) is 9.36. The number of fused-ring (bicyclic) bond motifs is 1. The summed E-state index contributed by atoms with van der Waals surface area (Å²) in [7, 11) is 0. The smallest absolute Gasteiger partial charge is 0.262 e. The molecule has 0 bridgehead atoms. The summed E-state index contributed by atoms with van der Waals surface area (Å²) in [6.07, 6.45) is 1.27. The number of carbonyl (C=O) groups is 4. The van der Waals surface area contributed by atoms with Gasteiger partial charge in [-0.05, 0) is 37.5 Å². The van der Waals surface area contributed by atoms with Gasteiger partial charge in [0.1, 0.15) is 6.04 Å². The van der Waals surface area contributed by atoms with Gasteiger partial charge in [0.2, 0.25) is 11.8 Å². The Bertz CT molecular complexity index is 875. The second kappa shape index (κ2) is 6.68. The van der Waals surface area contributed by atoms with Gasteiger partial charge in [0.15, 0.2) is 0 Å². The number of carbonyl (C=O) groups excluding carboxylic acids is 4. The van der Waals surface area contributed by atoms with Crippen molar-refractivity contribution >= 4 is 29.3 Å². The van der Waals surface area contributed by atoms with E-state index in [1.807, 2.05) is 4.90 Å². The fourth-order valence-electron chi connectivity index (χ4n) is 4.04. The van der Waals surface area contributed by atoms with Crippen LogP contribution in [0.5, 0.6) is 0 Å². The predicted octanol–water partition coefficient (Wildman–Crippen LogP) is -0.622. The molecule has 3 aliphatic heterocycles. The molecular weight excluding hydrogens is 364 g/mol. The van der Waals surface area contributed by atoms with Crippen LogP contribution < -0.4 is 16.0 Å². The highest BCUT2D eigenvalue weighted by atomic mass is 16.3. The van der Waals surface area contributed by atoms with Crippen LogP contribution in [0.3, 0.4) is 0 Å². The van der Waals surface area contributed by atoms with Crippen molar-refractivity contribution in [1.82, 2.24) is 10.2 Å². The minimum Gasteiger partial charge on any atom is -0.388 e. The van der Waals surface area contributed by atoms with Crippen molar-refractivity contribution < 1.29 is 24.3 Å². The second-order valence-corrected chi connectivity index (χ2v) is 7.59. The van der Waals surface area contributed by atoms with E-state index >= 15 is 0 Å². The maximum atomic E-state index is 12.9. The Kier molecular flexibility index (Phi) is 4.43. The van der Waals surface area contributed by atoms with E-state index in [1.54, 1.807) is 18.2 Å². The minimum atomic E-state index is -0.969. The molecule has 2 saturated heterocycles. The third-order valence-electron chi connectivity index (χ3n) is 5.86. The molecule has 4 rings (SSSR count). The Hall–Kier alpha value is -2.78. The number of anilines is 1. The van der Waals surface area contributed by atoms with Gasteiger partial charge in [0.05, 0.1) is 16.7 Å². The fourth-order valence-corrected chi connectivity index (χ4v) is 4.04. The van der Waals surface area contributed by atoms with Gasteiger partial charge >= 0.3 is 0 Å². The van der Waals surface area contributed by atoms with E-state index in [-0.39, 0.29) is 30.5 Å². The van der Waals surface area contributed by atoms with E-state index in [0.29, 0.717) is 25.9 Å². The molecule has 0 spiro atoms. The third-order valence-corrected chi connectivity index (χ3v) is 5.86. The summed E-state index contributed by atoms with van der Waals surface area (Å²) >= 11 is 0. The van der Waals surface area contributed by atoms with Crippen molar-refractivity contribution in [1.29, 1.82) is 0 Å². The van der Waals surface area contributed by atoms with Gasteiger partial charge in [-0.1, -0.05) is 0 Å². The zero-order chi connectivity index (χ0) is 20.1. The number of benzene rings is 1. The Labute approximate surface area is 161 Å². The molecule has 1 atom stereocenters. The van der Waals surface area contributed by atoms with Crippen LogP contribution in [0, 0.1) is 0 Å². The lowest BCUT2D eigenvalue weighted by atomic mass is 9.91. The van der Waals surface area contributed by atoms with Gasteiger partial charge in [0.25, 0.3) is 11.8 Å². The molecule has 9 nitrogen and oxygen atoms in total. The average Bonchev–Trinajstić information content (AvgIpc) is 2.93. The predicted molar refractivity (Wildman–Crippen MR) is 98.6 cm³/mol. The van der Waals surface area contributed by atoms with Gasteiger partial charge in [0, 0.05) is 31.7 Å². The Morgan fingerprint density at radius 1 is 1.11 bits per heavy atom. The molecular formula is C19H22N4O5. The monoisotopic (exact) mass is 386 g/mol. The quantitative estimate of drug-likeness (QED) is 0.590. The molecule has 1 unspecified atom stereocenters. The van der Waals surface area contributed by atoms with Crippen LogP contribution >= 0.6 is 0 Å². The van der Waals surface area contributed by atoms with E-state index in [2.05, 4.69) is 5.32 Å². The molecule has 3 aliphatic rings. The summed E-state index contributed by atoms with van der Waals surface area (Å²) in [5, 5.41) is 12.5. The summed E-state index contributed by atoms with van der Waals surface area (Å²) in [6, 6.07) is 4.06. The molecule has 3 heterocycles. The molecule has 148 valence electrons. The second-order valence-electron chi connectivity index (χ2n) is 7.59. The first kappa shape index (κ1) is 18.6. The van der Waals surface area contributed by atoms with Crippen LogP contribution in [-0.4, -0.2) is 64.9 Å². The lowest BCUT2D eigenvalue weighted by molar-refractivity contribution is -0.136. The fraction of sp³-hybridized carbons (Fsp3) is 0.474. The Balaban J connectivity index is 1.56. The van der Waals surface area contributed by atoms with E-state index in [4.69, 9.17) is 5.73 Å². The zero-order valence-electron chi connectivity index (χ0n) is 15.3. The summed E-state index contributed by atoms with van der Waals surface area (Å²) in [4.78, 5) is 52.1. The number of nitrogens with zero attached hydrogens (tertiary/aromatic N) is 2. The summed E-state index contributed by atoms with van der Waals surface area (Å²) in [5.74, 6) is -2.06. The molecule has 4 amide bonds. The maximum absolute atomic E-state index is 12.9. The van der Waals surface area contributed by atoms with Gasteiger partial charge < -0.3 is 15.7 Å². The first-order chi connectivity index (χ1) is 13.3. The van der Waals surface area contributed by atoms with Crippen molar-refractivity contribution in [3.05, 3.63) is 29.3 Å². The number of aliphatic hydroxyl groups is 1. The number of amides is 4. The van der Waals surface area contributed by atoms with Crippen molar-refractivity contribution in [3.8, 4) is 0 Å². The number of hydrogen-bond donors (Lipinski definition) is 3. The van der Waals surface area contributed by atoms with Crippen molar-refractivity contribution in [2.45, 2.75) is 37.3 Å². The topological polar surface area (TPSA) is 133 Å². The highest BCUT2D eigenvalue weighted by Gasteiger charge is 2.44. The summed E-state index contributed by atoms with van der Waals surface area (Å²) < 4.78 is 0. The van der Waals surface area contributed by atoms with Gasteiger partial charge in [-0.15, -0.1) is 0 Å². The lowest BCUT2D eigenvalue weighted by Crippen LogP contribution is -2.54. The third kappa shape index (κ3) is 2.96. The minimum absolute atomic E-state index is 0.0902. The normalized spacial score (nSPS) is 24.4. The highest BCUT2D eigenvalue weighted by molar-refractivity contribution is 6.23. The molecule has 1 aromatic carbocycles. The van der Waals surface area contributed by atoms with E-state index in [9.17, 15) is 24.3 Å². The zero-order valence-corrected chi connectivity index (χ0v) is 15.3. The first-order valence-corrected chi connectivity index (χ1v) is 9.36. The number of nitrogens with two attached hydrogens (primary N) is 1. The number of hydrogen-bond acceptors (Lipinski definition) is 7. The Morgan fingerprint density at radius 3 is 2.43 bits per heavy atom. The molecule has 1 aromatic rings. The number of rotatable bonds is 3. The van der Waals surface area contributed by atoms with Crippen LogP contribution in [0.2, 0.25) is 0 Å². The molecule has 0 radical (unpaired) electrons. The van der Waals surface area contributed by atoms with Gasteiger partial charge in [-0.3, -0.25) is 29.4 Å². The van der Waals surface area contributed by atoms with E-state index < -0.39 is 35.3 Å². The molecule has 0 aliphatic carbocycles. The number of imide groups is 2. The number of piperidine rings is 2. The van der Waals surface area contributed by atoms with Gasteiger partial charge in [-0.2, -0.15) is 0 Å². The summed E-state index contributed by atoms with van der Waals surface area (Å²) in [6.45, 7) is 1.38. The molecule has 9 heteroatoms. The lowest BCUT2D eigenvalue weighted by Gasteiger charge is -2.38. The van der Waals surface area contributed by atoms with Crippen molar-refractivity contribution in [2.24, 2.45) is 5.73 Å². The maximum Gasteiger partial charge on any atom is 0.262 e. The van der Waals surface area contributed by atoms with Crippen LogP contribution in [0.1, 0.15) is 46.4 Å². The molecule has 2 fully saturated rings. The van der Waals surface area contributed by atoms with Crippen molar-refractivity contribution in [2.75, 3.05) is 24.5 Å². The van der Waals surface area contributed by atoms with E-state index in [0.717, 1.165) is 10.6 Å². The van der Waals surface area contributed by atoms with Crippen LogP contribution in [0.4, 0.5) is 5.69 Å². The van der Waals surface area contributed by atoms with Crippen LogP contribution in [0.15, 0.2) is 18.2 Å². The average molecular weight is 386 g/mol. The largest absolute Gasteiger partial charge is 0.388 e. The molecule has 0 saturated carbocycles. The SMILES string of the molecule is NCC1(O)CCN(c2ccc3c(c2)C(=O)N(C2CCC(=O)NC2=O)C3=O)CC1.